The number of carbonyl (C=O) groups excluding carboxylic acids is 1. The van der Waals surface area contributed by atoms with Gasteiger partial charge >= 0.3 is 0 Å². The summed E-state index contributed by atoms with van der Waals surface area (Å²) in [4.78, 5) is 13.9. The van der Waals surface area contributed by atoms with Crippen molar-refractivity contribution < 1.29 is 18.7 Å². The van der Waals surface area contributed by atoms with E-state index < -0.39 is 0 Å². The number of hydrogen-bond donors (Lipinski definition) is 1. The minimum Gasteiger partial charge on any atom is -0.375 e. The minimum absolute atomic E-state index is 0.0590. The Labute approximate surface area is 148 Å². The van der Waals surface area contributed by atoms with E-state index in [-0.39, 0.29) is 30.0 Å². The number of rotatable bonds is 6. The summed E-state index contributed by atoms with van der Waals surface area (Å²) in [6.45, 7) is 3.19. The van der Waals surface area contributed by atoms with Crippen LogP contribution in [0.1, 0.15) is 31.2 Å². The molecule has 2 fully saturated rings. The van der Waals surface area contributed by atoms with Crippen molar-refractivity contribution in [2.75, 3.05) is 33.4 Å². The van der Waals surface area contributed by atoms with Crippen molar-refractivity contribution in [3.05, 3.63) is 35.6 Å². The van der Waals surface area contributed by atoms with Gasteiger partial charge in [0.25, 0.3) is 0 Å². The maximum absolute atomic E-state index is 13.4. The third kappa shape index (κ3) is 5.00. The van der Waals surface area contributed by atoms with Gasteiger partial charge in [0, 0.05) is 33.3 Å². The molecule has 0 unspecified atom stereocenters. The number of amides is 1. The molecular formula is C19H27FN2O3. The Morgan fingerprint density at radius 2 is 2.36 bits per heavy atom. The molecule has 2 aliphatic rings. The number of carbonyl (C=O) groups is 1. The molecule has 2 heterocycles. The van der Waals surface area contributed by atoms with Gasteiger partial charge in [0.2, 0.25) is 5.91 Å². The number of ether oxygens (including phenoxy) is 2. The standard InChI is InChI=1S/C19H27FN2O3/c1-24-13-18(23)21-11-17-6-3-7-19(25-17)8-9-22(14-19)12-15-4-2-5-16(20)10-15/h2,4-5,10,17H,3,6-9,11-14H2,1H3,(H,21,23)/t17-,19+/m0/s1. The van der Waals surface area contributed by atoms with E-state index in [0.717, 1.165) is 50.9 Å². The van der Waals surface area contributed by atoms with Crippen molar-refractivity contribution in [2.24, 2.45) is 0 Å². The van der Waals surface area contributed by atoms with E-state index in [2.05, 4.69) is 10.2 Å². The first kappa shape index (κ1) is 18.3. The maximum Gasteiger partial charge on any atom is 0.246 e. The Balaban J connectivity index is 1.51. The molecule has 2 saturated heterocycles. The highest BCUT2D eigenvalue weighted by Gasteiger charge is 2.42. The van der Waals surface area contributed by atoms with Gasteiger partial charge in [-0.15, -0.1) is 0 Å². The van der Waals surface area contributed by atoms with Crippen LogP contribution in [0.4, 0.5) is 4.39 Å². The van der Waals surface area contributed by atoms with Gasteiger partial charge in [-0.2, -0.15) is 0 Å². The number of halogens is 1. The highest BCUT2D eigenvalue weighted by molar-refractivity contribution is 5.77. The molecule has 0 aliphatic carbocycles. The average molecular weight is 350 g/mol. The maximum atomic E-state index is 13.4. The zero-order chi connectivity index (χ0) is 17.7. The zero-order valence-corrected chi connectivity index (χ0v) is 14.8. The summed E-state index contributed by atoms with van der Waals surface area (Å²) < 4.78 is 24.6. The topological polar surface area (TPSA) is 50.8 Å². The van der Waals surface area contributed by atoms with Crippen LogP contribution in [0, 0.1) is 5.82 Å². The molecule has 25 heavy (non-hydrogen) atoms. The summed E-state index contributed by atoms with van der Waals surface area (Å²) in [6.07, 6.45) is 4.18. The molecule has 1 aromatic rings. The van der Waals surface area contributed by atoms with Crippen molar-refractivity contribution in [3.63, 3.8) is 0 Å². The van der Waals surface area contributed by atoms with Gasteiger partial charge in [0.05, 0.1) is 11.7 Å². The van der Waals surface area contributed by atoms with Crippen molar-refractivity contribution >= 4 is 5.91 Å². The second-order valence-electron chi connectivity index (χ2n) is 7.14. The molecule has 1 N–H and O–H groups in total. The first-order valence-corrected chi connectivity index (χ1v) is 8.99. The van der Waals surface area contributed by atoms with E-state index in [1.165, 1.54) is 13.2 Å². The van der Waals surface area contributed by atoms with Gasteiger partial charge in [-0.05, 0) is 43.4 Å². The molecule has 0 bridgehead atoms. The van der Waals surface area contributed by atoms with E-state index in [1.54, 1.807) is 12.1 Å². The van der Waals surface area contributed by atoms with Gasteiger partial charge in [-0.25, -0.2) is 4.39 Å². The largest absolute Gasteiger partial charge is 0.375 e. The Kier molecular flexibility index (Phi) is 6.04. The number of nitrogens with zero attached hydrogens (tertiary/aromatic N) is 1. The fourth-order valence-electron chi connectivity index (χ4n) is 3.93. The second kappa shape index (κ2) is 8.25. The molecule has 1 amide bonds. The van der Waals surface area contributed by atoms with Crippen LogP contribution in [0.2, 0.25) is 0 Å². The lowest BCUT2D eigenvalue weighted by atomic mass is 9.90. The van der Waals surface area contributed by atoms with Crippen LogP contribution in [0.15, 0.2) is 24.3 Å². The van der Waals surface area contributed by atoms with Crippen molar-refractivity contribution in [3.8, 4) is 0 Å². The lowest BCUT2D eigenvalue weighted by Gasteiger charge is -2.39. The molecule has 1 aromatic carbocycles. The zero-order valence-electron chi connectivity index (χ0n) is 14.8. The van der Waals surface area contributed by atoms with Gasteiger partial charge in [0.1, 0.15) is 12.4 Å². The number of methoxy groups -OCH3 is 1. The summed E-state index contributed by atoms with van der Waals surface area (Å²) in [6, 6.07) is 6.79. The van der Waals surface area contributed by atoms with E-state index in [4.69, 9.17) is 9.47 Å². The highest BCUT2D eigenvalue weighted by atomic mass is 19.1. The number of hydrogen-bond acceptors (Lipinski definition) is 4. The fraction of sp³-hybridized carbons (Fsp3) is 0.632. The van der Waals surface area contributed by atoms with Crippen LogP contribution in [0.3, 0.4) is 0 Å². The van der Waals surface area contributed by atoms with Crippen LogP contribution in [-0.4, -0.2) is 55.9 Å². The summed E-state index contributed by atoms with van der Waals surface area (Å²) in [5.41, 5.74) is 0.874. The van der Waals surface area contributed by atoms with Crippen molar-refractivity contribution in [2.45, 2.75) is 43.9 Å². The van der Waals surface area contributed by atoms with Crippen LogP contribution in [-0.2, 0) is 20.8 Å². The van der Waals surface area contributed by atoms with E-state index >= 15 is 0 Å². The van der Waals surface area contributed by atoms with Crippen LogP contribution in [0.5, 0.6) is 0 Å². The summed E-state index contributed by atoms with van der Waals surface area (Å²) in [5.74, 6) is -0.294. The monoisotopic (exact) mass is 350 g/mol. The predicted molar refractivity (Wildman–Crippen MR) is 92.6 cm³/mol. The first-order valence-electron chi connectivity index (χ1n) is 8.99. The molecule has 0 saturated carbocycles. The third-order valence-corrected chi connectivity index (χ3v) is 5.07. The normalized spacial score (nSPS) is 26.9. The van der Waals surface area contributed by atoms with Crippen LogP contribution < -0.4 is 5.32 Å². The molecule has 1 spiro atoms. The summed E-state index contributed by atoms with van der Waals surface area (Å²) in [5, 5.41) is 2.87. The highest BCUT2D eigenvalue weighted by Crippen LogP contribution is 2.37. The lowest BCUT2D eigenvalue weighted by molar-refractivity contribution is -0.132. The molecular weight excluding hydrogens is 323 g/mol. The van der Waals surface area contributed by atoms with Crippen LogP contribution >= 0.6 is 0 Å². The fourth-order valence-corrected chi connectivity index (χ4v) is 3.93. The Morgan fingerprint density at radius 3 is 3.16 bits per heavy atom. The molecule has 2 aliphatic heterocycles. The van der Waals surface area contributed by atoms with E-state index in [9.17, 15) is 9.18 Å². The lowest BCUT2D eigenvalue weighted by Crippen LogP contribution is -2.47. The first-order chi connectivity index (χ1) is 12.1. The van der Waals surface area contributed by atoms with Gasteiger partial charge in [0.15, 0.2) is 0 Å². The number of nitrogens with one attached hydrogen (secondary N) is 1. The SMILES string of the molecule is COCC(=O)NC[C@@H]1CCC[C@]2(CCN(Cc3cccc(F)c3)C2)O1. The number of benzene rings is 1. The van der Waals surface area contributed by atoms with Gasteiger partial charge in [-0.1, -0.05) is 12.1 Å². The molecule has 5 nitrogen and oxygen atoms in total. The van der Waals surface area contributed by atoms with E-state index in [0.29, 0.717) is 6.54 Å². The minimum atomic E-state index is -0.188. The molecule has 138 valence electrons. The number of likely N-dealkylation sites (tertiary alicyclic amines) is 1. The predicted octanol–water partition coefficient (Wildman–Crippen LogP) is 2.10. The average Bonchev–Trinajstić information content (AvgIpc) is 2.95. The molecule has 3 rings (SSSR count). The smallest absolute Gasteiger partial charge is 0.246 e. The van der Waals surface area contributed by atoms with Crippen molar-refractivity contribution in [1.29, 1.82) is 0 Å². The quantitative estimate of drug-likeness (QED) is 0.854. The Bertz CT molecular complexity index is 598. The van der Waals surface area contributed by atoms with Gasteiger partial charge in [-0.3, -0.25) is 9.69 Å². The second-order valence-corrected chi connectivity index (χ2v) is 7.14. The summed E-state index contributed by atoms with van der Waals surface area (Å²) >= 11 is 0. The molecule has 0 aromatic heterocycles. The molecule has 0 radical (unpaired) electrons. The molecule has 6 heteroatoms. The Hall–Kier alpha value is -1.50. The van der Waals surface area contributed by atoms with Gasteiger partial charge < -0.3 is 14.8 Å². The molecule has 2 atom stereocenters. The Morgan fingerprint density at radius 1 is 1.48 bits per heavy atom. The third-order valence-electron chi connectivity index (χ3n) is 5.07. The van der Waals surface area contributed by atoms with Crippen molar-refractivity contribution in [1.82, 2.24) is 10.2 Å². The summed E-state index contributed by atoms with van der Waals surface area (Å²) in [7, 11) is 1.51. The van der Waals surface area contributed by atoms with Crippen LogP contribution in [0.25, 0.3) is 0 Å². The van der Waals surface area contributed by atoms with E-state index in [1.807, 2.05) is 6.07 Å².